The van der Waals surface area contributed by atoms with E-state index in [1.807, 2.05) is 5.32 Å². The highest BCUT2D eigenvalue weighted by Gasteiger charge is 2.23. The molecule has 34 heavy (non-hydrogen) atoms. The van der Waals surface area contributed by atoms with Gasteiger partial charge in [-0.15, -0.1) is 5.10 Å². The zero-order valence-electron chi connectivity index (χ0n) is 18.4. The van der Waals surface area contributed by atoms with Gasteiger partial charge in [-0.2, -0.15) is 0 Å². The molecule has 2 atom stereocenters. The number of hydroxylamine groups is 2. The van der Waals surface area contributed by atoms with Gasteiger partial charge in [-0.3, -0.25) is 24.0 Å². The number of nitrogens with one attached hydrogen (secondary N) is 2. The Bertz CT molecular complexity index is 835. The number of aromatic nitrogens is 3. The first-order chi connectivity index (χ1) is 16.2. The van der Waals surface area contributed by atoms with Crippen molar-refractivity contribution in [3.05, 3.63) is 11.9 Å². The molecule has 0 aliphatic heterocycles. The molecule has 15 heteroatoms. The van der Waals surface area contributed by atoms with Gasteiger partial charge in [0.1, 0.15) is 24.9 Å². The molecular formula is C19H29FN6O8. The van der Waals surface area contributed by atoms with Crippen LogP contribution in [0.5, 0.6) is 0 Å². The van der Waals surface area contributed by atoms with Gasteiger partial charge in [-0.1, -0.05) is 5.21 Å². The zero-order chi connectivity index (χ0) is 25.5. The molecule has 190 valence electrons. The molecular weight excluding hydrogens is 459 g/mol. The van der Waals surface area contributed by atoms with E-state index in [1.54, 1.807) is 6.20 Å². The number of hydrogen-bond acceptors (Lipinski definition) is 9. The molecule has 2 amide bonds. The zero-order valence-corrected chi connectivity index (χ0v) is 18.4. The minimum absolute atomic E-state index is 0.138. The third-order valence-corrected chi connectivity index (χ3v) is 4.58. The van der Waals surface area contributed by atoms with Crippen molar-refractivity contribution in [3.8, 4) is 0 Å². The number of halogens is 1. The molecule has 14 nitrogen and oxygen atoms in total. The highest BCUT2D eigenvalue weighted by atomic mass is 19.1. The van der Waals surface area contributed by atoms with Crippen molar-refractivity contribution < 1.29 is 43.8 Å². The fraction of sp³-hybridized carbons (Fsp3) is 0.632. The number of amides is 2. The first kappa shape index (κ1) is 28.6. The van der Waals surface area contributed by atoms with Gasteiger partial charge in [-0.05, 0) is 32.2 Å². The Morgan fingerprint density at radius 1 is 1.21 bits per heavy atom. The van der Waals surface area contributed by atoms with Gasteiger partial charge in [0, 0.05) is 25.6 Å². The van der Waals surface area contributed by atoms with E-state index in [1.165, 1.54) is 4.68 Å². The smallest absolute Gasteiger partial charge is 0.326 e. The third kappa shape index (κ3) is 10.9. The highest BCUT2D eigenvalue weighted by molar-refractivity contribution is 5.87. The fourth-order valence-corrected chi connectivity index (χ4v) is 2.77. The molecule has 0 bridgehead atoms. The van der Waals surface area contributed by atoms with Crippen LogP contribution in [0.25, 0.3) is 0 Å². The predicted molar refractivity (Wildman–Crippen MR) is 111 cm³/mol. The molecule has 1 aromatic heterocycles. The van der Waals surface area contributed by atoms with Crippen LogP contribution < -0.4 is 10.6 Å². The Labute approximate surface area is 194 Å². The summed E-state index contributed by atoms with van der Waals surface area (Å²) in [6.45, 7) is -0.791. The minimum Gasteiger partial charge on any atom is -0.481 e. The van der Waals surface area contributed by atoms with Crippen molar-refractivity contribution in [3.63, 3.8) is 0 Å². The maximum atomic E-state index is 12.2. The van der Waals surface area contributed by atoms with Crippen LogP contribution >= 0.6 is 0 Å². The van der Waals surface area contributed by atoms with Crippen molar-refractivity contribution in [2.75, 3.05) is 26.3 Å². The number of carboxylic acids is 2. The number of carboxylic acid groups (broad SMARTS) is 2. The fourth-order valence-electron chi connectivity index (χ4n) is 2.77. The maximum absolute atomic E-state index is 12.2. The number of carbonyl (C=O) groups is 5. The van der Waals surface area contributed by atoms with Crippen LogP contribution in [0.4, 0.5) is 4.39 Å². The maximum Gasteiger partial charge on any atom is 0.326 e. The lowest BCUT2D eigenvalue weighted by molar-refractivity contribution is -0.169. The van der Waals surface area contributed by atoms with Crippen LogP contribution in [0.15, 0.2) is 6.20 Å². The first-order valence-electron chi connectivity index (χ1n) is 10.5. The van der Waals surface area contributed by atoms with Crippen molar-refractivity contribution >= 4 is 30.0 Å². The van der Waals surface area contributed by atoms with Crippen molar-refractivity contribution in [1.82, 2.24) is 30.7 Å². The minimum atomic E-state index is -1.47. The summed E-state index contributed by atoms with van der Waals surface area (Å²) in [6, 6.07) is -2.12. The summed E-state index contributed by atoms with van der Waals surface area (Å²) >= 11 is 0. The van der Waals surface area contributed by atoms with Gasteiger partial charge in [0.15, 0.2) is 0 Å². The summed E-state index contributed by atoms with van der Waals surface area (Å²) < 4.78 is 13.6. The van der Waals surface area contributed by atoms with Crippen LogP contribution in [0.1, 0.15) is 43.8 Å². The monoisotopic (exact) mass is 488 g/mol. The summed E-state index contributed by atoms with van der Waals surface area (Å²) in [5, 5.41) is 40.2. The molecule has 1 aromatic rings. The van der Waals surface area contributed by atoms with Crippen LogP contribution in [-0.2, 0) is 30.4 Å². The van der Waals surface area contributed by atoms with Gasteiger partial charge < -0.3 is 25.6 Å². The van der Waals surface area contributed by atoms with Crippen molar-refractivity contribution in [2.45, 2.75) is 50.6 Å². The molecule has 0 saturated carbocycles. The Morgan fingerprint density at radius 3 is 2.56 bits per heavy atom. The SMILES string of the molecule is O=CC(CNCCCC(=O)N(O)CC(=O)NC(CCC(=O)O)C(=O)O)n1cc(CCCF)nn1. The van der Waals surface area contributed by atoms with Crippen molar-refractivity contribution in [1.29, 1.82) is 0 Å². The summed E-state index contributed by atoms with van der Waals surface area (Å²) in [4.78, 5) is 56.7. The van der Waals surface area contributed by atoms with E-state index in [9.17, 15) is 33.6 Å². The van der Waals surface area contributed by atoms with E-state index in [-0.39, 0.29) is 30.9 Å². The first-order valence-corrected chi connectivity index (χ1v) is 10.5. The second-order valence-electron chi connectivity index (χ2n) is 7.34. The largest absolute Gasteiger partial charge is 0.481 e. The second-order valence-corrected chi connectivity index (χ2v) is 7.34. The van der Waals surface area contributed by atoms with E-state index in [4.69, 9.17) is 10.2 Å². The molecule has 0 spiro atoms. The quantitative estimate of drug-likeness (QED) is 0.0729. The average Bonchev–Trinajstić information content (AvgIpc) is 3.25. The van der Waals surface area contributed by atoms with Crippen LogP contribution in [-0.4, -0.2) is 97.9 Å². The average molecular weight is 488 g/mol. The Morgan fingerprint density at radius 2 is 1.94 bits per heavy atom. The number of aldehydes is 1. The Hall–Kier alpha value is -3.46. The molecule has 0 aliphatic rings. The lowest BCUT2D eigenvalue weighted by atomic mass is 10.1. The lowest BCUT2D eigenvalue weighted by Gasteiger charge is -2.18. The van der Waals surface area contributed by atoms with Gasteiger partial charge >= 0.3 is 11.9 Å². The number of nitrogens with zero attached hydrogens (tertiary/aromatic N) is 4. The Kier molecular flexibility index (Phi) is 12.9. The number of hydrogen-bond donors (Lipinski definition) is 5. The third-order valence-electron chi connectivity index (χ3n) is 4.58. The van der Waals surface area contributed by atoms with Gasteiger partial charge in [0.05, 0.1) is 12.4 Å². The number of aliphatic carboxylic acids is 2. The predicted octanol–water partition coefficient (Wildman–Crippen LogP) is -1.06. The molecule has 5 N–H and O–H groups in total. The van der Waals surface area contributed by atoms with E-state index in [2.05, 4.69) is 15.6 Å². The number of aryl methyl sites for hydroxylation is 1. The summed E-state index contributed by atoms with van der Waals surface area (Å²) in [7, 11) is 0. The van der Waals surface area contributed by atoms with Crippen LogP contribution in [0.2, 0.25) is 0 Å². The van der Waals surface area contributed by atoms with Gasteiger partial charge in [-0.25, -0.2) is 14.5 Å². The van der Waals surface area contributed by atoms with E-state index < -0.39 is 55.5 Å². The summed E-state index contributed by atoms with van der Waals surface area (Å²) in [5.74, 6) is -4.41. The van der Waals surface area contributed by atoms with Crippen LogP contribution in [0.3, 0.4) is 0 Å². The van der Waals surface area contributed by atoms with E-state index in [0.29, 0.717) is 31.4 Å². The number of alkyl halides is 1. The van der Waals surface area contributed by atoms with Gasteiger partial charge in [0.2, 0.25) is 11.8 Å². The topological polar surface area (TPSA) is 204 Å². The molecule has 0 aromatic carbocycles. The van der Waals surface area contributed by atoms with E-state index >= 15 is 0 Å². The normalized spacial score (nSPS) is 12.5. The van der Waals surface area contributed by atoms with Crippen LogP contribution in [0, 0.1) is 0 Å². The number of carbonyl (C=O) groups excluding carboxylic acids is 3. The number of rotatable bonds is 18. The summed E-state index contributed by atoms with van der Waals surface area (Å²) in [5.41, 5.74) is 0.568. The molecule has 0 radical (unpaired) electrons. The Balaban J connectivity index is 2.33. The molecule has 1 rings (SSSR count). The van der Waals surface area contributed by atoms with E-state index in [0.717, 1.165) is 0 Å². The molecule has 0 fully saturated rings. The lowest BCUT2D eigenvalue weighted by Crippen LogP contribution is -2.46. The molecule has 0 saturated heterocycles. The molecule has 0 aliphatic carbocycles. The van der Waals surface area contributed by atoms with Gasteiger partial charge in [0.25, 0.3) is 0 Å². The second kappa shape index (κ2) is 15.4. The summed E-state index contributed by atoms with van der Waals surface area (Å²) in [6.07, 6.45) is 2.24. The standard InChI is InChI=1S/C19H29FN6O8/c20-7-1-3-13-10-25(24-23-13)14(12-27)9-21-8-2-4-17(29)26(34)11-16(28)22-15(19(32)33)5-6-18(30)31/h10,12,14-15,21,34H,1-9,11H2,(H,22,28)(H,30,31)(H,32,33). The molecule has 1 heterocycles. The highest BCUT2D eigenvalue weighted by Crippen LogP contribution is 2.05. The molecule has 2 unspecified atom stereocenters. The van der Waals surface area contributed by atoms with Crippen molar-refractivity contribution in [2.24, 2.45) is 0 Å².